The molecular weight excluding hydrogens is 486 g/mol. The molecule has 0 atom stereocenters. The highest BCUT2D eigenvalue weighted by Crippen LogP contribution is 2.27. The molecule has 1 aliphatic rings. The molecule has 0 bridgehead atoms. The third-order valence-electron chi connectivity index (χ3n) is 6.06. The first kappa shape index (κ1) is 24.9. The van der Waals surface area contributed by atoms with Gasteiger partial charge in [-0.25, -0.2) is 16.8 Å². The summed E-state index contributed by atoms with van der Waals surface area (Å²) in [6.07, 6.45) is 0. The van der Waals surface area contributed by atoms with Gasteiger partial charge in [0.15, 0.2) is 0 Å². The molecule has 0 unspecified atom stereocenters. The van der Waals surface area contributed by atoms with E-state index in [1.807, 2.05) is 6.92 Å². The van der Waals surface area contributed by atoms with Gasteiger partial charge in [-0.3, -0.25) is 9.10 Å². The van der Waals surface area contributed by atoms with Gasteiger partial charge < -0.3 is 4.90 Å². The molecule has 8 nitrogen and oxygen atoms in total. The standard InChI is InChI=1S/C25H27N3O5S2/c1-20-12-14-22(15-13-20)34(30,31)26(2)24-11-7-6-10-23(24)25(29)27-16-18-28(19-17-27)35(32,33)21-8-4-3-5-9-21/h3-15H,16-19H2,1-2H3. The predicted octanol–water partition coefficient (Wildman–Crippen LogP) is 2.97. The second kappa shape index (κ2) is 9.80. The highest BCUT2D eigenvalue weighted by molar-refractivity contribution is 7.92. The molecule has 1 amide bonds. The second-order valence-electron chi connectivity index (χ2n) is 8.31. The molecule has 1 saturated heterocycles. The van der Waals surface area contributed by atoms with Crippen molar-refractivity contribution >= 4 is 31.6 Å². The summed E-state index contributed by atoms with van der Waals surface area (Å²) in [7, 11) is -6.10. The minimum absolute atomic E-state index is 0.132. The maximum Gasteiger partial charge on any atom is 0.264 e. The van der Waals surface area contributed by atoms with E-state index in [-0.39, 0.29) is 53.1 Å². The minimum atomic E-state index is -3.88. The molecule has 4 rings (SSSR count). The van der Waals surface area contributed by atoms with Crippen LogP contribution in [0.15, 0.2) is 88.7 Å². The van der Waals surface area contributed by atoms with Crippen molar-refractivity contribution in [3.8, 4) is 0 Å². The van der Waals surface area contributed by atoms with Gasteiger partial charge in [-0.1, -0.05) is 48.0 Å². The maximum atomic E-state index is 13.4. The van der Waals surface area contributed by atoms with Crippen LogP contribution in [0.2, 0.25) is 0 Å². The van der Waals surface area contributed by atoms with E-state index in [4.69, 9.17) is 0 Å². The van der Waals surface area contributed by atoms with Gasteiger partial charge >= 0.3 is 0 Å². The number of para-hydroxylation sites is 1. The fourth-order valence-electron chi connectivity index (χ4n) is 3.97. The number of aryl methyl sites for hydroxylation is 1. The van der Waals surface area contributed by atoms with Gasteiger partial charge in [-0.2, -0.15) is 4.31 Å². The summed E-state index contributed by atoms with van der Waals surface area (Å²) < 4.78 is 54.7. The third kappa shape index (κ3) is 4.95. The summed E-state index contributed by atoms with van der Waals surface area (Å²) in [6, 6.07) is 21.3. The van der Waals surface area contributed by atoms with E-state index >= 15 is 0 Å². The van der Waals surface area contributed by atoms with Crippen molar-refractivity contribution in [2.45, 2.75) is 16.7 Å². The van der Waals surface area contributed by atoms with Crippen LogP contribution >= 0.6 is 0 Å². The number of amides is 1. The first-order valence-electron chi connectivity index (χ1n) is 11.1. The summed E-state index contributed by atoms with van der Waals surface area (Å²) in [6.45, 7) is 2.59. The molecule has 184 valence electrons. The van der Waals surface area contributed by atoms with E-state index in [0.29, 0.717) is 0 Å². The lowest BCUT2D eigenvalue weighted by atomic mass is 10.1. The zero-order valence-corrected chi connectivity index (χ0v) is 21.2. The fraction of sp³-hybridized carbons (Fsp3) is 0.240. The van der Waals surface area contributed by atoms with Crippen LogP contribution < -0.4 is 4.31 Å². The van der Waals surface area contributed by atoms with Crippen LogP contribution in [0.5, 0.6) is 0 Å². The van der Waals surface area contributed by atoms with E-state index in [9.17, 15) is 21.6 Å². The topological polar surface area (TPSA) is 95.1 Å². The average Bonchev–Trinajstić information content (AvgIpc) is 2.88. The van der Waals surface area contributed by atoms with Crippen molar-refractivity contribution in [1.29, 1.82) is 0 Å². The Kier molecular flexibility index (Phi) is 6.98. The number of benzene rings is 3. The Morgan fingerprint density at radius 3 is 1.94 bits per heavy atom. The van der Waals surface area contributed by atoms with E-state index in [1.54, 1.807) is 71.6 Å². The monoisotopic (exact) mass is 513 g/mol. The molecule has 0 spiro atoms. The van der Waals surface area contributed by atoms with Gasteiger partial charge in [0.1, 0.15) is 0 Å². The van der Waals surface area contributed by atoms with Gasteiger partial charge in [0, 0.05) is 33.2 Å². The molecule has 3 aromatic carbocycles. The number of anilines is 1. The van der Waals surface area contributed by atoms with Crippen LogP contribution in [-0.4, -0.2) is 65.2 Å². The number of sulfonamides is 2. The Bertz CT molecular complexity index is 1420. The lowest BCUT2D eigenvalue weighted by Crippen LogP contribution is -2.50. The zero-order valence-electron chi connectivity index (χ0n) is 19.5. The number of rotatable bonds is 6. The van der Waals surface area contributed by atoms with Crippen molar-refractivity contribution in [2.75, 3.05) is 37.5 Å². The normalized spacial score (nSPS) is 15.1. The molecule has 3 aromatic rings. The molecule has 1 fully saturated rings. The molecule has 1 heterocycles. The van der Waals surface area contributed by atoms with Crippen LogP contribution in [-0.2, 0) is 20.0 Å². The smallest absolute Gasteiger partial charge is 0.264 e. The Balaban J connectivity index is 1.53. The van der Waals surface area contributed by atoms with Gasteiger partial charge in [-0.05, 0) is 43.3 Å². The third-order valence-corrected chi connectivity index (χ3v) is 9.76. The van der Waals surface area contributed by atoms with Crippen LogP contribution in [0.3, 0.4) is 0 Å². The first-order chi connectivity index (χ1) is 16.6. The quantitative estimate of drug-likeness (QED) is 0.505. The number of hydrogen-bond donors (Lipinski definition) is 0. The Hall–Kier alpha value is -3.21. The molecular formula is C25H27N3O5S2. The Morgan fingerprint density at radius 1 is 0.743 bits per heavy atom. The molecule has 0 aromatic heterocycles. The summed E-state index contributed by atoms with van der Waals surface area (Å²) >= 11 is 0. The largest absolute Gasteiger partial charge is 0.336 e. The van der Waals surface area contributed by atoms with Crippen molar-refractivity contribution < 1.29 is 21.6 Å². The van der Waals surface area contributed by atoms with Crippen LogP contribution in [0, 0.1) is 6.92 Å². The Labute approximate surface area is 206 Å². The van der Waals surface area contributed by atoms with Gasteiger partial charge in [0.2, 0.25) is 10.0 Å². The van der Waals surface area contributed by atoms with Crippen LogP contribution in [0.1, 0.15) is 15.9 Å². The maximum absolute atomic E-state index is 13.4. The summed E-state index contributed by atoms with van der Waals surface area (Å²) in [5, 5.41) is 0. The first-order valence-corrected chi connectivity index (χ1v) is 14.0. The number of carbonyl (C=O) groups is 1. The molecule has 35 heavy (non-hydrogen) atoms. The van der Waals surface area contributed by atoms with Crippen LogP contribution in [0.25, 0.3) is 0 Å². The average molecular weight is 514 g/mol. The van der Waals surface area contributed by atoms with E-state index in [0.717, 1.165) is 9.87 Å². The molecule has 1 aliphatic heterocycles. The molecule has 0 aliphatic carbocycles. The van der Waals surface area contributed by atoms with Crippen molar-refractivity contribution in [3.63, 3.8) is 0 Å². The fourth-order valence-corrected chi connectivity index (χ4v) is 6.63. The minimum Gasteiger partial charge on any atom is -0.336 e. The van der Waals surface area contributed by atoms with Crippen LogP contribution in [0.4, 0.5) is 5.69 Å². The highest BCUT2D eigenvalue weighted by Gasteiger charge is 2.32. The predicted molar refractivity (Wildman–Crippen MR) is 134 cm³/mol. The zero-order chi connectivity index (χ0) is 25.2. The molecule has 10 heteroatoms. The summed E-state index contributed by atoms with van der Waals surface area (Å²) in [4.78, 5) is 15.3. The van der Waals surface area contributed by atoms with Gasteiger partial charge in [0.05, 0.1) is 21.0 Å². The lowest BCUT2D eigenvalue weighted by molar-refractivity contribution is 0.0698. The molecule has 0 saturated carbocycles. The van der Waals surface area contributed by atoms with Gasteiger partial charge in [0.25, 0.3) is 15.9 Å². The van der Waals surface area contributed by atoms with Crippen molar-refractivity contribution in [2.24, 2.45) is 0 Å². The molecule has 0 N–H and O–H groups in total. The summed E-state index contributed by atoms with van der Waals surface area (Å²) in [5.74, 6) is -0.344. The lowest BCUT2D eigenvalue weighted by Gasteiger charge is -2.34. The van der Waals surface area contributed by atoms with E-state index < -0.39 is 20.0 Å². The second-order valence-corrected chi connectivity index (χ2v) is 12.2. The summed E-state index contributed by atoms with van der Waals surface area (Å²) in [5.41, 5.74) is 1.44. The molecule has 0 radical (unpaired) electrons. The SMILES string of the molecule is Cc1ccc(S(=O)(=O)N(C)c2ccccc2C(=O)N2CCN(S(=O)(=O)c3ccccc3)CC2)cc1. The number of carbonyl (C=O) groups excluding carboxylic acids is 1. The van der Waals surface area contributed by atoms with Gasteiger partial charge in [-0.15, -0.1) is 0 Å². The van der Waals surface area contributed by atoms with Crippen molar-refractivity contribution in [3.05, 3.63) is 90.0 Å². The van der Waals surface area contributed by atoms with E-state index in [1.165, 1.54) is 23.5 Å². The number of hydrogen-bond acceptors (Lipinski definition) is 5. The van der Waals surface area contributed by atoms with E-state index in [2.05, 4.69) is 0 Å². The Morgan fingerprint density at radius 2 is 1.31 bits per heavy atom. The highest BCUT2D eigenvalue weighted by atomic mass is 32.2. The number of nitrogens with zero attached hydrogens (tertiary/aromatic N) is 3. The number of piperazine rings is 1. The van der Waals surface area contributed by atoms with Crippen molar-refractivity contribution in [1.82, 2.24) is 9.21 Å².